The maximum atomic E-state index is 10.2. The highest BCUT2D eigenvalue weighted by molar-refractivity contribution is 7.15. The Bertz CT molecular complexity index is 403. The minimum atomic E-state index is -0.784. The first-order chi connectivity index (χ1) is 8.41. The van der Waals surface area contributed by atoms with E-state index in [1.807, 2.05) is 13.8 Å². The van der Waals surface area contributed by atoms with Crippen LogP contribution >= 0.6 is 11.3 Å². The molecule has 1 saturated heterocycles. The lowest BCUT2D eigenvalue weighted by Gasteiger charge is -2.32. The van der Waals surface area contributed by atoms with E-state index in [1.165, 1.54) is 0 Å². The molecule has 0 saturated carbocycles. The smallest absolute Gasteiger partial charge is 0.185 e. The summed E-state index contributed by atoms with van der Waals surface area (Å²) in [6.07, 6.45) is 0.879. The Hall–Kier alpha value is -0.650. The molecular weight excluding hydrogens is 246 g/mol. The first-order valence-electron chi connectivity index (χ1n) is 6.58. The highest BCUT2D eigenvalue weighted by Gasteiger charge is 2.26. The number of aliphatic hydroxyl groups is 1. The van der Waals surface area contributed by atoms with Crippen molar-refractivity contribution in [1.29, 1.82) is 0 Å². The van der Waals surface area contributed by atoms with Gasteiger partial charge in [0, 0.05) is 26.2 Å². The van der Waals surface area contributed by atoms with E-state index in [-0.39, 0.29) is 0 Å². The fraction of sp³-hybridized carbons (Fsp3) is 0.769. The average Bonchev–Trinajstić information content (AvgIpc) is 2.73. The van der Waals surface area contributed by atoms with E-state index < -0.39 is 5.60 Å². The number of hydrogen-bond acceptors (Lipinski definition) is 5. The molecule has 0 atom stereocenters. The van der Waals surface area contributed by atoms with E-state index in [9.17, 15) is 5.11 Å². The van der Waals surface area contributed by atoms with E-state index in [4.69, 9.17) is 4.98 Å². The Labute approximate surface area is 113 Å². The topological polar surface area (TPSA) is 39.6 Å². The number of nitrogens with zero attached hydrogens (tertiary/aromatic N) is 3. The highest BCUT2D eigenvalue weighted by Crippen LogP contribution is 2.34. The zero-order chi connectivity index (χ0) is 13.3. The Kier molecular flexibility index (Phi) is 3.94. The maximum absolute atomic E-state index is 10.2. The maximum Gasteiger partial charge on any atom is 0.185 e. The van der Waals surface area contributed by atoms with Crippen molar-refractivity contribution in [3.63, 3.8) is 0 Å². The van der Waals surface area contributed by atoms with Gasteiger partial charge in [-0.2, -0.15) is 0 Å². The summed E-state index contributed by atoms with van der Waals surface area (Å²) in [6.45, 7) is 9.99. The molecule has 1 aromatic heterocycles. The first kappa shape index (κ1) is 13.8. The van der Waals surface area contributed by atoms with Crippen LogP contribution in [0, 0.1) is 0 Å². The van der Waals surface area contributed by atoms with Crippen molar-refractivity contribution in [2.24, 2.45) is 0 Å². The molecule has 1 fully saturated rings. The molecule has 0 amide bonds. The van der Waals surface area contributed by atoms with Gasteiger partial charge in [0.25, 0.3) is 0 Å². The van der Waals surface area contributed by atoms with Crippen molar-refractivity contribution in [1.82, 2.24) is 9.88 Å². The lowest BCUT2D eigenvalue weighted by Crippen LogP contribution is -2.44. The summed E-state index contributed by atoms with van der Waals surface area (Å²) >= 11 is 1.65. The van der Waals surface area contributed by atoms with Crippen LogP contribution in [0.25, 0.3) is 0 Å². The van der Waals surface area contributed by atoms with Gasteiger partial charge >= 0.3 is 0 Å². The second-order valence-corrected chi connectivity index (χ2v) is 6.45. The van der Waals surface area contributed by atoms with Crippen LogP contribution < -0.4 is 4.90 Å². The SMILES string of the molecule is CCc1nc(N2CCN(C)CC2)sc1C(C)(C)O. The lowest BCUT2D eigenvalue weighted by molar-refractivity contribution is 0.0814. The zero-order valence-corrected chi connectivity index (χ0v) is 12.5. The molecule has 0 bridgehead atoms. The molecule has 1 aliphatic rings. The van der Waals surface area contributed by atoms with Gasteiger partial charge in [-0.15, -0.1) is 0 Å². The number of rotatable bonds is 3. The first-order valence-corrected chi connectivity index (χ1v) is 7.39. The molecule has 0 aliphatic carbocycles. The van der Waals surface area contributed by atoms with Crippen LogP contribution in [0.15, 0.2) is 0 Å². The third kappa shape index (κ3) is 2.84. The number of hydrogen-bond donors (Lipinski definition) is 1. The molecule has 102 valence electrons. The molecule has 5 heteroatoms. The third-order valence-corrected chi connectivity index (χ3v) is 4.82. The molecule has 2 heterocycles. The number of piperazine rings is 1. The van der Waals surface area contributed by atoms with E-state index in [0.29, 0.717) is 0 Å². The van der Waals surface area contributed by atoms with Crippen molar-refractivity contribution >= 4 is 16.5 Å². The number of thiazole rings is 1. The Morgan fingerprint density at radius 3 is 2.33 bits per heavy atom. The van der Waals surface area contributed by atoms with E-state index in [1.54, 1.807) is 11.3 Å². The molecule has 2 rings (SSSR count). The molecule has 1 aliphatic heterocycles. The minimum Gasteiger partial charge on any atom is -0.385 e. The van der Waals surface area contributed by atoms with E-state index in [2.05, 4.69) is 23.8 Å². The van der Waals surface area contributed by atoms with Crippen LogP contribution in [0.1, 0.15) is 31.3 Å². The monoisotopic (exact) mass is 269 g/mol. The van der Waals surface area contributed by atoms with Gasteiger partial charge in [-0.25, -0.2) is 4.98 Å². The van der Waals surface area contributed by atoms with Gasteiger partial charge in [0.15, 0.2) is 5.13 Å². The number of anilines is 1. The van der Waals surface area contributed by atoms with Crippen molar-refractivity contribution in [2.45, 2.75) is 32.8 Å². The molecule has 1 aromatic rings. The van der Waals surface area contributed by atoms with Gasteiger partial charge in [0.1, 0.15) is 0 Å². The van der Waals surface area contributed by atoms with Gasteiger partial charge in [0.2, 0.25) is 0 Å². The third-order valence-electron chi connectivity index (χ3n) is 3.35. The van der Waals surface area contributed by atoms with Gasteiger partial charge in [-0.1, -0.05) is 18.3 Å². The highest BCUT2D eigenvalue weighted by atomic mass is 32.1. The molecule has 1 N–H and O–H groups in total. The number of likely N-dealkylation sites (N-methyl/N-ethyl adjacent to an activating group) is 1. The normalized spacial score (nSPS) is 18.4. The molecular formula is C13H23N3OS. The van der Waals surface area contributed by atoms with E-state index in [0.717, 1.165) is 48.3 Å². The Morgan fingerprint density at radius 2 is 1.89 bits per heavy atom. The largest absolute Gasteiger partial charge is 0.385 e. The van der Waals surface area contributed by atoms with Gasteiger partial charge in [0.05, 0.1) is 16.2 Å². The fourth-order valence-corrected chi connectivity index (χ4v) is 3.40. The molecule has 0 aromatic carbocycles. The van der Waals surface area contributed by atoms with Gasteiger partial charge in [-0.3, -0.25) is 0 Å². The fourth-order valence-electron chi connectivity index (χ4n) is 2.19. The van der Waals surface area contributed by atoms with Crippen LogP contribution in [-0.4, -0.2) is 48.2 Å². The second-order valence-electron chi connectivity index (χ2n) is 5.48. The number of aryl methyl sites for hydroxylation is 1. The summed E-state index contributed by atoms with van der Waals surface area (Å²) < 4.78 is 0. The van der Waals surface area contributed by atoms with Crippen LogP contribution in [0.3, 0.4) is 0 Å². The zero-order valence-electron chi connectivity index (χ0n) is 11.7. The molecule has 0 unspecified atom stereocenters. The van der Waals surface area contributed by atoms with Crippen molar-refractivity contribution in [2.75, 3.05) is 38.1 Å². The van der Waals surface area contributed by atoms with E-state index >= 15 is 0 Å². The summed E-state index contributed by atoms with van der Waals surface area (Å²) in [5, 5.41) is 11.3. The predicted octanol–water partition coefficient (Wildman–Crippen LogP) is 1.68. The van der Waals surface area contributed by atoms with Crippen LogP contribution in [0.5, 0.6) is 0 Å². The average molecular weight is 269 g/mol. The molecule has 18 heavy (non-hydrogen) atoms. The summed E-state index contributed by atoms with van der Waals surface area (Å²) in [4.78, 5) is 10.4. The summed E-state index contributed by atoms with van der Waals surface area (Å²) in [5.74, 6) is 0. The quantitative estimate of drug-likeness (QED) is 0.906. The molecule has 0 radical (unpaired) electrons. The lowest BCUT2D eigenvalue weighted by atomic mass is 10.1. The Morgan fingerprint density at radius 1 is 1.28 bits per heavy atom. The molecule has 0 spiro atoms. The second kappa shape index (κ2) is 5.15. The van der Waals surface area contributed by atoms with Gasteiger partial charge < -0.3 is 14.9 Å². The number of aromatic nitrogens is 1. The van der Waals surface area contributed by atoms with Crippen LogP contribution in [0.4, 0.5) is 5.13 Å². The van der Waals surface area contributed by atoms with Crippen LogP contribution in [-0.2, 0) is 12.0 Å². The predicted molar refractivity (Wildman–Crippen MR) is 76.4 cm³/mol. The minimum absolute atomic E-state index is 0.784. The summed E-state index contributed by atoms with van der Waals surface area (Å²) in [7, 11) is 2.15. The van der Waals surface area contributed by atoms with Crippen molar-refractivity contribution in [3.05, 3.63) is 10.6 Å². The van der Waals surface area contributed by atoms with Crippen molar-refractivity contribution in [3.8, 4) is 0 Å². The van der Waals surface area contributed by atoms with Gasteiger partial charge in [-0.05, 0) is 27.3 Å². The summed E-state index contributed by atoms with van der Waals surface area (Å²) in [6, 6.07) is 0. The summed E-state index contributed by atoms with van der Waals surface area (Å²) in [5.41, 5.74) is 0.259. The molecule has 4 nitrogen and oxygen atoms in total. The standard InChI is InChI=1S/C13H23N3OS/c1-5-10-11(13(2,3)17)18-12(14-10)16-8-6-15(4)7-9-16/h17H,5-9H2,1-4H3. The van der Waals surface area contributed by atoms with Crippen LogP contribution in [0.2, 0.25) is 0 Å². The Balaban J connectivity index is 2.22. The van der Waals surface area contributed by atoms with Crippen molar-refractivity contribution < 1.29 is 5.11 Å².